The highest BCUT2D eigenvalue weighted by molar-refractivity contribution is 5.94. The third-order valence-electron chi connectivity index (χ3n) is 5.51. The summed E-state index contributed by atoms with van der Waals surface area (Å²) in [5.74, 6) is 0.606. The molecule has 2 fully saturated rings. The molecule has 1 aliphatic carbocycles. The van der Waals surface area contributed by atoms with Gasteiger partial charge in [-0.25, -0.2) is 0 Å². The number of carbonyl (C=O) groups is 1. The number of piperidine rings is 1. The van der Waals surface area contributed by atoms with E-state index in [1.807, 2.05) is 0 Å². The van der Waals surface area contributed by atoms with E-state index in [1.165, 1.54) is 70.7 Å². The van der Waals surface area contributed by atoms with Crippen LogP contribution in [0.15, 0.2) is 16.7 Å². The molecule has 0 spiro atoms. The van der Waals surface area contributed by atoms with Gasteiger partial charge in [-0.05, 0) is 44.8 Å². The molecule has 3 rings (SSSR count). The van der Waals surface area contributed by atoms with E-state index in [1.54, 1.807) is 6.07 Å². The van der Waals surface area contributed by atoms with Crippen molar-refractivity contribution in [3.63, 3.8) is 0 Å². The number of carbonyl (C=O) groups excluding carboxylic acids is 1. The van der Waals surface area contributed by atoms with E-state index >= 15 is 0 Å². The van der Waals surface area contributed by atoms with Crippen LogP contribution >= 0.6 is 0 Å². The fourth-order valence-corrected chi connectivity index (χ4v) is 4.14. The van der Waals surface area contributed by atoms with Crippen molar-refractivity contribution in [2.45, 2.75) is 63.5 Å². The molecule has 1 aromatic rings. The first-order valence-electron chi connectivity index (χ1n) is 9.04. The van der Waals surface area contributed by atoms with Crippen molar-refractivity contribution in [3.8, 4) is 0 Å². The molecule has 1 saturated carbocycles. The van der Waals surface area contributed by atoms with E-state index in [2.05, 4.69) is 10.2 Å². The number of nitrogens with zero attached hydrogens (tertiary/aromatic N) is 1. The van der Waals surface area contributed by atoms with Crippen LogP contribution in [0.1, 0.15) is 67.5 Å². The lowest BCUT2D eigenvalue weighted by molar-refractivity contribution is 0.0326. The Morgan fingerprint density at radius 2 is 1.87 bits per heavy atom. The average Bonchev–Trinajstić information content (AvgIpc) is 3.10. The maximum absolute atomic E-state index is 12.4. The summed E-state index contributed by atoms with van der Waals surface area (Å²) in [4.78, 5) is 15.1. The Balaban J connectivity index is 1.65. The second kappa shape index (κ2) is 7.49. The largest absolute Gasteiger partial charge is 0.467 e. The second-order valence-corrected chi connectivity index (χ2v) is 7.02. The maximum atomic E-state index is 12.4. The summed E-state index contributed by atoms with van der Waals surface area (Å²) in [6.07, 6.45) is 11.7. The van der Waals surface area contributed by atoms with E-state index in [9.17, 15) is 4.79 Å². The van der Waals surface area contributed by atoms with Crippen LogP contribution in [-0.4, -0.2) is 36.0 Å². The van der Waals surface area contributed by atoms with E-state index in [-0.39, 0.29) is 11.4 Å². The highest BCUT2D eigenvalue weighted by atomic mass is 16.3. The van der Waals surface area contributed by atoms with Gasteiger partial charge in [0.15, 0.2) is 0 Å². The molecule has 23 heavy (non-hydrogen) atoms. The molecule has 3 N–H and O–H groups in total. The summed E-state index contributed by atoms with van der Waals surface area (Å²) >= 11 is 0. The molecular formula is C18H29N3O2. The first-order valence-corrected chi connectivity index (χ1v) is 9.04. The summed E-state index contributed by atoms with van der Waals surface area (Å²) in [6, 6.07) is 1.74. The molecule has 1 amide bonds. The molecule has 5 nitrogen and oxygen atoms in total. The minimum absolute atomic E-state index is 0.0459. The zero-order valence-electron chi connectivity index (χ0n) is 14.0. The van der Waals surface area contributed by atoms with Gasteiger partial charge in [-0.3, -0.25) is 9.69 Å². The molecule has 2 aliphatic rings. The predicted octanol–water partition coefficient (Wildman–Crippen LogP) is 2.66. The van der Waals surface area contributed by atoms with E-state index in [0.717, 1.165) is 6.54 Å². The van der Waals surface area contributed by atoms with Gasteiger partial charge in [0.2, 0.25) is 0 Å². The summed E-state index contributed by atoms with van der Waals surface area (Å²) in [6.45, 7) is 3.43. The highest BCUT2D eigenvalue weighted by Gasteiger charge is 2.38. The zero-order valence-corrected chi connectivity index (χ0v) is 14.0. The van der Waals surface area contributed by atoms with Gasteiger partial charge in [-0.15, -0.1) is 0 Å². The van der Waals surface area contributed by atoms with Gasteiger partial charge in [-0.2, -0.15) is 0 Å². The van der Waals surface area contributed by atoms with Crippen LogP contribution in [0.3, 0.4) is 0 Å². The Bertz CT molecular complexity index is 514. The number of likely N-dealkylation sites (tertiary alicyclic amines) is 1. The maximum Gasteiger partial charge on any atom is 0.254 e. The van der Waals surface area contributed by atoms with Crippen LogP contribution in [0.5, 0.6) is 0 Å². The molecule has 0 bridgehead atoms. The van der Waals surface area contributed by atoms with Crippen LogP contribution in [0.2, 0.25) is 0 Å². The number of amides is 1. The van der Waals surface area contributed by atoms with Crippen LogP contribution in [0.4, 0.5) is 0 Å². The quantitative estimate of drug-likeness (QED) is 0.875. The van der Waals surface area contributed by atoms with Crippen LogP contribution in [0.25, 0.3) is 0 Å². The minimum atomic E-state index is -0.0459. The van der Waals surface area contributed by atoms with Crippen molar-refractivity contribution in [2.24, 2.45) is 5.73 Å². The van der Waals surface area contributed by atoms with Gasteiger partial charge in [0.05, 0.1) is 12.1 Å². The topological polar surface area (TPSA) is 71.5 Å². The third-order valence-corrected chi connectivity index (χ3v) is 5.51. The Labute approximate surface area is 138 Å². The van der Waals surface area contributed by atoms with E-state index in [4.69, 9.17) is 10.2 Å². The molecule has 5 heteroatoms. The van der Waals surface area contributed by atoms with Gasteiger partial charge in [0.25, 0.3) is 5.91 Å². The van der Waals surface area contributed by atoms with Crippen molar-refractivity contribution in [1.29, 1.82) is 0 Å². The van der Waals surface area contributed by atoms with Crippen molar-refractivity contribution in [2.75, 3.05) is 19.6 Å². The highest BCUT2D eigenvalue weighted by Crippen LogP contribution is 2.35. The molecule has 1 aliphatic heterocycles. The van der Waals surface area contributed by atoms with Crippen molar-refractivity contribution < 1.29 is 9.21 Å². The summed E-state index contributed by atoms with van der Waals surface area (Å²) in [5.41, 5.74) is 6.28. The molecule has 0 atom stereocenters. The second-order valence-electron chi connectivity index (χ2n) is 7.02. The SMILES string of the molecule is NCc1cc(C(=O)NCC2(N3CCCCC3)CCCCC2)co1. The van der Waals surface area contributed by atoms with Gasteiger partial charge in [-0.1, -0.05) is 25.7 Å². The van der Waals surface area contributed by atoms with E-state index < -0.39 is 0 Å². The Morgan fingerprint density at radius 3 is 2.52 bits per heavy atom. The van der Waals surface area contributed by atoms with E-state index in [0.29, 0.717) is 17.9 Å². The Kier molecular flexibility index (Phi) is 5.38. The van der Waals surface area contributed by atoms with Crippen molar-refractivity contribution >= 4 is 5.91 Å². The first kappa shape index (κ1) is 16.5. The Hall–Kier alpha value is -1.33. The molecule has 2 heterocycles. The average molecular weight is 319 g/mol. The van der Waals surface area contributed by atoms with Crippen LogP contribution < -0.4 is 11.1 Å². The first-order chi connectivity index (χ1) is 11.2. The van der Waals surface area contributed by atoms with Gasteiger partial charge in [0.1, 0.15) is 12.0 Å². The minimum Gasteiger partial charge on any atom is -0.467 e. The molecule has 1 aromatic heterocycles. The number of rotatable bonds is 5. The molecular weight excluding hydrogens is 290 g/mol. The molecule has 0 aromatic carbocycles. The summed E-state index contributed by atoms with van der Waals surface area (Å²) in [5, 5.41) is 3.16. The molecule has 0 radical (unpaired) electrons. The number of hydrogen-bond acceptors (Lipinski definition) is 4. The number of nitrogens with two attached hydrogens (primary N) is 1. The lowest BCUT2D eigenvalue weighted by Gasteiger charge is -2.48. The fourth-order valence-electron chi connectivity index (χ4n) is 4.14. The van der Waals surface area contributed by atoms with Crippen molar-refractivity contribution in [3.05, 3.63) is 23.7 Å². The number of hydrogen-bond donors (Lipinski definition) is 2. The summed E-state index contributed by atoms with van der Waals surface area (Å²) in [7, 11) is 0. The molecule has 1 saturated heterocycles. The fraction of sp³-hybridized carbons (Fsp3) is 0.722. The predicted molar refractivity (Wildman–Crippen MR) is 90.2 cm³/mol. The normalized spacial score (nSPS) is 22.0. The monoisotopic (exact) mass is 319 g/mol. The Morgan fingerprint density at radius 1 is 1.17 bits per heavy atom. The summed E-state index contributed by atoms with van der Waals surface area (Å²) < 4.78 is 5.27. The molecule has 128 valence electrons. The van der Waals surface area contributed by atoms with Crippen LogP contribution in [0, 0.1) is 0 Å². The number of furan rings is 1. The smallest absolute Gasteiger partial charge is 0.254 e. The van der Waals surface area contributed by atoms with Crippen LogP contribution in [-0.2, 0) is 6.54 Å². The van der Waals surface area contributed by atoms with Gasteiger partial charge in [0, 0.05) is 12.1 Å². The van der Waals surface area contributed by atoms with Gasteiger partial charge >= 0.3 is 0 Å². The van der Waals surface area contributed by atoms with Gasteiger partial charge < -0.3 is 15.5 Å². The van der Waals surface area contributed by atoms with Crippen molar-refractivity contribution in [1.82, 2.24) is 10.2 Å². The standard InChI is InChI=1S/C18H29N3O2/c19-12-16-11-15(13-23-16)17(22)20-14-18(7-3-1-4-8-18)21-9-5-2-6-10-21/h11,13H,1-10,12,14,19H2,(H,20,22). The lowest BCUT2D eigenvalue weighted by atomic mass is 9.79. The zero-order chi connectivity index (χ0) is 16.1. The lowest BCUT2D eigenvalue weighted by Crippen LogP contribution is -2.58. The molecule has 0 unspecified atom stereocenters. The number of nitrogens with one attached hydrogen (secondary N) is 1. The third kappa shape index (κ3) is 3.78.